The van der Waals surface area contributed by atoms with Crippen molar-refractivity contribution < 1.29 is 4.74 Å². The zero-order valence-electron chi connectivity index (χ0n) is 8.14. The van der Waals surface area contributed by atoms with E-state index in [0.29, 0.717) is 5.82 Å². The molecule has 0 spiro atoms. The highest BCUT2D eigenvalue weighted by molar-refractivity contribution is 5.39. The molecule has 4 heteroatoms. The molecule has 0 atom stereocenters. The van der Waals surface area contributed by atoms with E-state index >= 15 is 0 Å². The first-order chi connectivity index (χ1) is 6.81. The van der Waals surface area contributed by atoms with Crippen molar-refractivity contribution in [3.63, 3.8) is 0 Å². The molecule has 2 rings (SSSR count). The Bertz CT molecular complexity index is 436. The van der Waals surface area contributed by atoms with Gasteiger partial charge in [-0.25, -0.2) is 9.67 Å². The second-order valence-corrected chi connectivity index (χ2v) is 2.93. The Labute approximate surface area is 82.2 Å². The molecule has 0 saturated carbocycles. The first-order valence-electron chi connectivity index (χ1n) is 4.33. The van der Waals surface area contributed by atoms with Gasteiger partial charge in [-0.3, -0.25) is 0 Å². The topological polar surface area (TPSA) is 39.9 Å². The number of pyridine rings is 1. The maximum Gasteiger partial charge on any atom is 0.196 e. The minimum Gasteiger partial charge on any atom is -0.493 e. The van der Waals surface area contributed by atoms with Gasteiger partial charge in [0, 0.05) is 12.4 Å². The van der Waals surface area contributed by atoms with Crippen molar-refractivity contribution in [1.82, 2.24) is 14.8 Å². The average Bonchev–Trinajstić information content (AvgIpc) is 2.65. The van der Waals surface area contributed by atoms with Gasteiger partial charge in [0.2, 0.25) is 0 Å². The fourth-order valence-corrected chi connectivity index (χ4v) is 1.25. The van der Waals surface area contributed by atoms with Crippen molar-refractivity contribution in [2.45, 2.75) is 6.92 Å². The third-order valence-corrected chi connectivity index (χ3v) is 1.91. The molecule has 72 valence electrons. The lowest BCUT2D eigenvalue weighted by Crippen LogP contribution is -2.01. The predicted octanol–water partition coefficient (Wildman–Crippen LogP) is 1.58. The zero-order chi connectivity index (χ0) is 9.97. The summed E-state index contributed by atoms with van der Waals surface area (Å²) in [5.41, 5.74) is 0.956. The van der Waals surface area contributed by atoms with Crippen LogP contribution in [0.2, 0.25) is 0 Å². The van der Waals surface area contributed by atoms with Gasteiger partial charge in [-0.05, 0) is 25.1 Å². The van der Waals surface area contributed by atoms with Gasteiger partial charge in [-0.2, -0.15) is 5.10 Å². The smallest absolute Gasteiger partial charge is 0.196 e. The van der Waals surface area contributed by atoms with Crippen molar-refractivity contribution in [1.29, 1.82) is 0 Å². The number of aromatic nitrogens is 3. The van der Waals surface area contributed by atoms with Crippen LogP contribution >= 0.6 is 0 Å². The maximum atomic E-state index is 5.19. The van der Waals surface area contributed by atoms with Crippen molar-refractivity contribution >= 4 is 0 Å². The summed E-state index contributed by atoms with van der Waals surface area (Å²) in [6, 6.07) is 5.62. The molecule has 4 nitrogen and oxygen atoms in total. The fraction of sp³-hybridized carbons (Fsp3) is 0.200. The summed E-state index contributed by atoms with van der Waals surface area (Å²) in [6.45, 7) is 1.94. The molecular weight excluding hydrogens is 178 g/mol. The van der Waals surface area contributed by atoms with Gasteiger partial charge in [0.1, 0.15) is 0 Å². The van der Waals surface area contributed by atoms with Crippen molar-refractivity contribution in [3.8, 4) is 11.6 Å². The highest BCUT2D eigenvalue weighted by atomic mass is 16.5. The number of nitrogens with zero attached hydrogens (tertiary/aromatic N) is 3. The minimum atomic E-state index is 0.711. The maximum absolute atomic E-state index is 5.19. The molecule has 2 heterocycles. The van der Waals surface area contributed by atoms with Crippen LogP contribution < -0.4 is 4.74 Å². The van der Waals surface area contributed by atoms with E-state index < -0.39 is 0 Å². The average molecular weight is 189 g/mol. The van der Waals surface area contributed by atoms with E-state index in [-0.39, 0.29) is 0 Å². The molecule has 0 radical (unpaired) electrons. The van der Waals surface area contributed by atoms with Gasteiger partial charge in [-0.1, -0.05) is 0 Å². The van der Waals surface area contributed by atoms with Gasteiger partial charge in [0.15, 0.2) is 11.6 Å². The summed E-state index contributed by atoms with van der Waals surface area (Å²) in [6.07, 6.45) is 3.58. The molecule has 14 heavy (non-hydrogen) atoms. The van der Waals surface area contributed by atoms with E-state index in [1.54, 1.807) is 18.0 Å². The number of methoxy groups -OCH3 is 1. The Morgan fingerprint density at radius 2 is 2.21 bits per heavy atom. The Morgan fingerprint density at radius 3 is 2.86 bits per heavy atom. The molecule has 2 aromatic rings. The molecule has 0 fully saturated rings. The van der Waals surface area contributed by atoms with Crippen LogP contribution in [-0.2, 0) is 0 Å². The van der Waals surface area contributed by atoms with Crippen LogP contribution in [0.15, 0.2) is 30.6 Å². The van der Waals surface area contributed by atoms with Crippen LogP contribution in [0.5, 0.6) is 5.75 Å². The second kappa shape index (κ2) is 3.49. The molecule has 2 aromatic heterocycles. The number of rotatable bonds is 2. The summed E-state index contributed by atoms with van der Waals surface area (Å²) in [5, 5.41) is 4.26. The molecule has 0 N–H and O–H groups in total. The largest absolute Gasteiger partial charge is 0.493 e. The van der Waals surface area contributed by atoms with Crippen molar-refractivity contribution in [2.24, 2.45) is 0 Å². The summed E-state index contributed by atoms with van der Waals surface area (Å²) in [7, 11) is 1.62. The second-order valence-electron chi connectivity index (χ2n) is 2.93. The quantitative estimate of drug-likeness (QED) is 0.720. The fourth-order valence-electron chi connectivity index (χ4n) is 1.25. The molecular formula is C10H11N3O. The van der Waals surface area contributed by atoms with E-state index in [9.17, 15) is 0 Å². The Balaban J connectivity index is 2.50. The highest BCUT2D eigenvalue weighted by Gasteiger charge is 2.05. The molecule has 0 amide bonds. The van der Waals surface area contributed by atoms with Crippen LogP contribution in [0.4, 0.5) is 0 Å². The molecule has 0 aliphatic carbocycles. The van der Waals surface area contributed by atoms with Gasteiger partial charge >= 0.3 is 0 Å². The van der Waals surface area contributed by atoms with E-state index in [4.69, 9.17) is 4.74 Å². The van der Waals surface area contributed by atoms with Gasteiger partial charge in [-0.15, -0.1) is 0 Å². The molecule has 0 unspecified atom stereocenters. The first kappa shape index (κ1) is 8.74. The summed E-state index contributed by atoms with van der Waals surface area (Å²) in [5.74, 6) is 1.43. The Kier molecular flexibility index (Phi) is 2.18. The summed E-state index contributed by atoms with van der Waals surface area (Å²) < 4.78 is 6.89. The molecule has 0 aromatic carbocycles. The van der Waals surface area contributed by atoms with Crippen molar-refractivity contribution in [3.05, 3.63) is 36.3 Å². The van der Waals surface area contributed by atoms with E-state index in [1.807, 2.05) is 31.3 Å². The number of aryl methyl sites for hydroxylation is 1. The summed E-state index contributed by atoms with van der Waals surface area (Å²) >= 11 is 0. The lowest BCUT2D eigenvalue weighted by atomic mass is 10.4. The van der Waals surface area contributed by atoms with Crippen LogP contribution in [0.3, 0.4) is 0 Å². The Morgan fingerprint density at radius 1 is 1.36 bits per heavy atom. The van der Waals surface area contributed by atoms with Gasteiger partial charge in [0.25, 0.3) is 0 Å². The monoisotopic (exact) mass is 189 g/mol. The van der Waals surface area contributed by atoms with E-state index in [0.717, 1.165) is 11.4 Å². The third-order valence-electron chi connectivity index (χ3n) is 1.91. The zero-order valence-corrected chi connectivity index (χ0v) is 8.14. The van der Waals surface area contributed by atoms with E-state index in [2.05, 4.69) is 10.1 Å². The van der Waals surface area contributed by atoms with Crippen molar-refractivity contribution in [2.75, 3.05) is 7.11 Å². The number of ether oxygens (including phenoxy) is 1. The number of hydrogen-bond donors (Lipinski definition) is 0. The lowest BCUT2D eigenvalue weighted by molar-refractivity contribution is 0.409. The van der Waals surface area contributed by atoms with Gasteiger partial charge < -0.3 is 4.74 Å². The number of hydrogen-bond acceptors (Lipinski definition) is 3. The molecule has 0 saturated heterocycles. The molecule has 0 aliphatic heterocycles. The third kappa shape index (κ3) is 1.46. The van der Waals surface area contributed by atoms with Crippen LogP contribution in [-0.4, -0.2) is 21.9 Å². The standard InChI is InChI=1S/C10H11N3O/c1-8-5-7-13(12-8)10-9(14-2)4-3-6-11-10/h3-7H,1-2H3. The van der Waals surface area contributed by atoms with Gasteiger partial charge in [0.05, 0.1) is 12.8 Å². The lowest BCUT2D eigenvalue weighted by Gasteiger charge is -2.05. The Hall–Kier alpha value is -1.84. The van der Waals surface area contributed by atoms with Crippen LogP contribution in [0.25, 0.3) is 5.82 Å². The molecule has 0 bridgehead atoms. The SMILES string of the molecule is COc1cccnc1-n1ccc(C)n1. The van der Waals surface area contributed by atoms with E-state index in [1.165, 1.54) is 0 Å². The molecule has 0 aliphatic rings. The summed E-state index contributed by atoms with van der Waals surface area (Å²) in [4.78, 5) is 4.21. The minimum absolute atomic E-state index is 0.711. The highest BCUT2D eigenvalue weighted by Crippen LogP contribution is 2.18. The normalized spacial score (nSPS) is 10.1. The van der Waals surface area contributed by atoms with Crippen LogP contribution in [0, 0.1) is 6.92 Å². The first-order valence-corrected chi connectivity index (χ1v) is 4.33. The van der Waals surface area contributed by atoms with Crippen LogP contribution in [0.1, 0.15) is 5.69 Å². The predicted molar refractivity (Wildman–Crippen MR) is 52.6 cm³/mol.